The van der Waals surface area contributed by atoms with E-state index in [0.717, 1.165) is 32.5 Å². The van der Waals surface area contributed by atoms with E-state index in [4.69, 9.17) is 10.5 Å². The lowest BCUT2D eigenvalue weighted by Crippen LogP contribution is -2.41. The highest BCUT2D eigenvalue weighted by Gasteiger charge is 2.22. The summed E-state index contributed by atoms with van der Waals surface area (Å²) in [7, 11) is 1.73. The van der Waals surface area contributed by atoms with Crippen molar-refractivity contribution in [2.24, 2.45) is 11.7 Å². The highest BCUT2D eigenvalue weighted by atomic mass is 35.5. The quantitative estimate of drug-likeness (QED) is 0.811. The van der Waals surface area contributed by atoms with Gasteiger partial charge in [-0.15, -0.1) is 12.4 Å². The number of nitrogens with zero attached hydrogens (tertiary/aromatic N) is 1. The van der Waals surface area contributed by atoms with Gasteiger partial charge in [-0.2, -0.15) is 0 Å². The van der Waals surface area contributed by atoms with E-state index in [1.807, 2.05) is 11.8 Å². The minimum Gasteiger partial charge on any atom is -0.384 e. The van der Waals surface area contributed by atoms with Gasteiger partial charge >= 0.3 is 0 Å². The molecule has 1 aliphatic heterocycles. The van der Waals surface area contributed by atoms with Crippen molar-refractivity contribution >= 4 is 18.3 Å². The smallest absolute Gasteiger partial charge is 0.224 e. The van der Waals surface area contributed by atoms with Crippen LogP contribution < -0.4 is 5.73 Å². The first-order chi connectivity index (χ1) is 7.13. The molecule has 1 aliphatic rings. The number of ether oxygens (including phenoxy) is 1. The average molecular weight is 251 g/mol. The summed E-state index contributed by atoms with van der Waals surface area (Å²) >= 11 is 0. The topological polar surface area (TPSA) is 55.6 Å². The second-order valence-electron chi connectivity index (χ2n) is 4.46. The van der Waals surface area contributed by atoms with Crippen LogP contribution in [0.5, 0.6) is 0 Å². The molecule has 1 heterocycles. The zero-order valence-electron chi connectivity index (χ0n) is 10.1. The van der Waals surface area contributed by atoms with Gasteiger partial charge in [0.2, 0.25) is 5.91 Å². The molecule has 1 fully saturated rings. The van der Waals surface area contributed by atoms with E-state index in [9.17, 15) is 4.79 Å². The summed E-state index contributed by atoms with van der Waals surface area (Å²) in [4.78, 5) is 13.6. The molecule has 4 nitrogen and oxygen atoms in total. The molecule has 0 aromatic rings. The van der Waals surface area contributed by atoms with Crippen LogP contribution in [-0.2, 0) is 9.53 Å². The van der Waals surface area contributed by atoms with Gasteiger partial charge in [0.25, 0.3) is 0 Å². The highest BCUT2D eigenvalue weighted by Crippen LogP contribution is 2.17. The Morgan fingerprint density at radius 3 is 2.50 bits per heavy atom. The molecule has 1 saturated heterocycles. The zero-order valence-corrected chi connectivity index (χ0v) is 11.0. The van der Waals surface area contributed by atoms with Crippen molar-refractivity contribution in [3.8, 4) is 0 Å². The standard InChI is InChI=1S/C11H22N2O2.ClH/c1-9(12)7-11(14)13-5-3-10(4-6-13)8-15-2;/h9-10H,3-8,12H2,1-2H3;1H. The number of carbonyl (C=O) groups excluding carboxylic acids is 1. The molecule has 0 radical (unpaired) electrons. The fraction of sp³-hybridized carbons (Fsp3) is 0.909. The normalized spacial score (nSPS) is 19.1. The molecule has 0 bridgehead atoms. The summed E-state index contributed by atoms with van der Waals surface area (Å²) in [5, 5.41) is 0. The molecule has 0 aromatic carbocycles. The molecule has 0 aromatic heterocycles. The van der Waals surface area contributed by atoms with Gasteiger partial charge in [-0.3, -0.25) is 4.79 Å². The molecular weight excluding hydrogens is 228 g/mol. The fourth-order valence-corrected chi connectivity index (χ4v) is 1.99. The van der Waals surface area contributed by atoms with Crippen molar-refractivity contribution in [1.29, 1.82) is 0 Å². The second-order valence-corrected chi connectivity index (χ2v) is 4.46. The Bertz CT molecular complexity index is 204. The number of piperidine rings is 1. The molecule has 16 heavy (non-hydrogen) atoms. The summed E-state index contributed by atoms with van der Waals surface area (Å²) in [6, 6.07) is -0.0331. The SMILES string of the molecule is COCC1CCN(C(=O)CC(C)N)CC1.Cl. The maximum atomic E-state index is 11.7. The Balaban J connectivity index is 0.00000225. The molecule has 2 N–H and O–H groups in total. The van der Waals surface area contributed by atoms with E-state index in [2.05, 4.69) is 0 Å². The predicted molar refractivity (Wildman–Crippen MR) is 66.7 cm³/mol. The van der Waals surface area contributed by atoms with Crippen LogP contribution in [0.1, 0.15) is 26.2 Å². The maximum absolute atomic E-state index is 11.7. The Morgan fingerprint density at radius 1 is 1.50 bits per heavy atom. The van der Waals surface area contributed by atoms with Crippen LogP contribution in [-0.4, -0.2) is 43.7 Å². The van der Waals surface area contributed by atoms with Crippen LogP contribution in [0.2, 0.25) is 0 Å². The van der Waals surface area contributed by atoms with Crippen LogP contribution >= 0.6 is 12.4 Å². The summed E-state index contributed by atoms with van der Waals surface area (Å²) in [5.74, 6) is 0.815. The lowest BCUT2D eigenvalue weighted by molar-refractivity contribution is -0.133. The molecule has 1 rings (SSSR count). The third-order valence-corrected chi connectivity index (χ3v) is 2.87. The number of rotatable bonds is 4. The van der Waals surface area contributed by atoms with Crippen molar-refractivity contribution in [3.63, 3.8) is 0 Å². The van der Waals surface area contributed by atoms with Crippen molar-refractivity contribution in [1.82, 2.24) is 4.90 Å². The molecular formula is C11H23ClN2O2. The second kappa shape index (κ2) is 7.87. The summed E-state index contributed by atoms with van der Waals surface area (Å²) in [5.41, 5.74) is 5.61. The molecule has 1 amide bonds. The number of nitrogens with two attached hydrogens (primary N) is 1. The van der Waals surface area contributed by atoms with E-state index in [-0.39, 0.29) is 24.4 Å². The Morgan fingerprint density at radius 2 is 2.06 bits per heavy atom. The third-order valence-electron chi connectivity index (χ3n) is 2.87. The predicted octanol–water partition coefficient (Wildman–Crippen LogP) is 1.03. The first-order valence-electron chi connectivity index (χ1n) is 5.65. The van der Waals surface area contributed by atoms with Crippen LogP contribution in [0.4, 0.5) is 0 Å². The Hall–Kier alpha value is -0.320. The monoisotopic (exact) mass is 250 g/mol. The molecule has 0 spiro atoms. The van der Waals surface area contributed by atoms with Crippen LogP contribution in [0.15, 0.2) is 0 Å². The summed E-state index contributed by atoms with van der Waals surface area (Å²) in [6.07, 6.45) is 2.58. The van der Waals surface area contributed by atoms with Gasteiger partial charge in [-0.25, -0.2) is 0 Å². The first-order valence-corrected chi connectivity index (χ1v) is 5.65. The molecule has 96 valence electrons. The minimum absolute atomic E-state index is 0. The highest BCUT2D eigenvalue weighted by molar-refractivity contribution is 5.85. The van der Waals surface area contributed by atoms with Crippen LogP contribution in [0.3, 0.4) is 0 Å². The number of amides is 1. The largest absolute Gasteiger partial charge is 0.384 e. The minimum atomic E-state index is -0.0331. The summed E-state index contributed by atoms with van der Waals surface area (Å²) in [6.45, 7) is 4.41. The van der Waals surface area contributed by atoms with Crippen LogP contribution in [0, 0.1) is 5.92 Å². The van der Waals surface area contributed by atoms with Gasteiger partial charge in [0.05, 0.1) is 0 Å². The van der Waals surface area contributed by atoms with Gasteiger partial charge in [0.1, 0.15) is 0 Å². The number of carbonyl (C=O) groups is 1. The van der Waals surface area contributed by atoms with Crippen molar-refractivity contribution in [3.05, 3.63) is 0 Å². The molecule has 5 heteroatoms. The van der Waals surface area contributed by atoms with Gasteiger partial charge in [-0.05, 0) is 25.7 Å². The number of hydrogen-bond donors (Lipinski definition) is 1. The number of hydrogen-bond acceptors (Lipinski definition) is 3. The Kier molecular flexibility index (Phi) is 7.72. The Labute approximate surface area is 104 Å². The molecule has 0 aliphatic carbocycles. The van der Waals surface area contributed by atoms with Gasteiger partial charge in [0, 0.05) is 39.3 Å². The number of methoxy groups -OCH3 is 1. The fourth-order valence-electron chi connectivity index (χ4n) is 1.99. The lowest BCUT2D eigenvalue weighted by atomic mass is 9.97. The van der Waals surface area contributed by atoms with Crippen LogP contribution in [0.25, 0.3) is 0 Å². The average Bonchev–Trinajstić information content (AvgIpc) is 2.18. The van der Waals surface area contributed by atoms with Crippen molar-refractivity contribution < 1.29 is 9.53 Å². The molecule has 0 saturated carbocycles. The van der Waals surface area contributed by atoms with E-state index in [1.165, 1.54) is 0 Å². The third kappa shape index (κ3) is 5.14. The number of halogens is 1. The summed E-state index contributed by atoms with van der Waals surface area (Å²) < 4.78 is 5.12. The van der Waals surface area contributed by atoms with Gasteiger partial charge in [0.15, 0.2) is 0 Å². The van der Waals surface area contributed by atoms with Gasteiger partial charge in [-0.1, -0.05) is 0 Å². The van der Waals surface area contributed by atoms with E-state index < -0.39 is 0 Å². The number of likely N-dealkylation sites (tertiary alicyclic amines) is 1. The first kappa shape index (κ1) is 15.7. The van der Waals surface area contributed by atoms with Crippen molar-refractivity contribution in [2.45, 2.75) is 32.2 Å². The zero-order chi connectivity index (χ0) is 11.3. The van der Waals surface area contributed by atoms with E-state index in [1.54, 1.807) is 7.11 Å². The molecule has 1 atom stereocenters. The molecule has 1 unspecified atom stereocenters. The van der Waals surface area contributed by atoms with E-state index in [0.29, 0.717) is 12.3 Å². The lowest BCUT2D eigenvalue weighted by Gasteiger charge is -2.32. The van der Waals surface area contributed by atoms with Gasteiger partial charge < -0.3 is 15.4 Å². The maximum Gasteiger partial charge on any atom is 0.224 e. The van der Waals surface area contributed by atoms with Crippen molar-refractivity contribution in [2.75, 3.05) is 26.8 Å². The van der Waals surface area contributed by atoms with E-state index >= 15 is 0 Å².